The van der Waals surface area contributed by atoms with E-state index in [1.54, 1.807) is 23.0 Å². The van der Waals surface area contributed by atoms with Gasteiger partial charge in [0, 0.05) is 27.8 Å². The largest absolute Gasteiger partial charge is 0.305 e. The lowest BCUT2D eigenvalue weighted by atomic mass is 10.2. The van der Waals surface area contributed by atoms with Gasteiger partial charge in [-0.05, 0) is 52.3 Å². The zero-order valence-corrected chi connectivity index (χ0v) is 17.0. The van der Waals surface area contributed by atoms with E-state index < -0.39 is 0 Å². The van der Waals surface area contributed by atoms with Gasteiger partial charge < -0.3 is 5.32 Å². The third-order valence-corrected chi connectivity index (χ3v) is 5.39. The summed E-state index contributed by atoms with van der Waals surface area (Å²) >= 11 is 4.83. The number of anilines is 1. The first-order valence-electron chi connectivity index (χ1n) is 8.50. The van der Waals surface area contributed by atoms with Crippen LogP contribution in [-0.4, -0.2) is 20.7 Å². The van der Waals surface area contributed by atoms with Gasteiger partial charge in [-0.3, -0.25) is 4.79 Å². The fourth-order valence-corrected chi connectivity index (χ4v) is 3.70. The van der Waals surface area contributed by atoms with Crippen molar-refractivity contribution in [3.63, 3.8) is 0 Å². The van der Waals surface area contributed by atoms with E-state index in [1.165, 1.54) is 11.8 Å². The number of nitrogens with one attached hydrogen (secondary N) is 1. The Morgan fingerprint density at radius 1 is 0.964 bits per heavy atom. The molecule has 2 aromatic carbocycles. The Labute approximate surface area is 174 Å². The Morgan fingerprint density at radius 2 is 1.75 bits per heavy atom. The van der Waals surface area contributed by atoms with Gasteiger partial charge in [-0.25, -0.2) is 9.67 Å². The molecule has 28 heavy (non-hydrogen) atoms. The zero-order chi connectivity index (χ0) is 19.3. The summed E-state index contributed by atoms with van der Waals surface area (Å²) in [6.45, 7) is 0. The van der Waals surface area contributed by atoms with Crippen LogP contribution in [0.3, 0.4) is 0 Å². The lowest BCUT2D eigenvalue weighted by molar-refractivity contribution is 0.102. The molecule has 2 heterocycles. The van der Waals surface area contributed by atoms with Crippen LogP contribution in [0.25, 0.3) is 5.69 Å². The van der Waals surface area contributed by atoms with Crippen LogP contribution >= 0.6 is 27.7 Å². The number of hydrogen-bond donors (Lipinski definition) is 1. The number of nitrogens with zero attached hydrogens (tertiary/aromatic N) is 3. The minimum absolute atomic E-state index is 0.210. The van der Waals surface area contributed by atoms with Crippen LogP contribution in [0, 0.1) is 0 Å². The smallest absolute Gasteiger partial charge is 0.258 e. The molecule has 0 bridgehead atoms. The molecule has 2 aromatic heterocycles. The van der Waals surface area contributed by atoms with Crippen molar-refractivity contribution < 1.29 is 4.79 Å². The summed E-state index contributed by atoms with van der Waals surface area (Å²) in [5, 5.41) is 8.12. The van der Waals surface area contributed by atoms with E-state index in [-0.39, 0.29) is 5.91 Å². The Kier molecular flexibility index (Phi) is 5.55. The number of hydrogen-bond acceptors (Lipinski definition) is 4. The number of benzene rings is 2. The quantitative estimate of drug-likeness (QED) is 0.440. The van der Waals surface area contributed by atoms with Crippen LogP contribution in [0.2, 0.25) is 0 Å². The van der Waals surface area contributed by atoms with Crippen molar-refractivity contribution in [3.05, 3.63) is 95.2 Å². The highest BCUT2D eigenvalue weighted by molar-refractivity contribution is 9.10. The maximum Gasteiger partial charge on any atom is 0.258 e. The number of aromatic nitrogens is 3. The molecule has 0 aliphatic rings. The Hall–Kier alpha value is -2.90. The molecule has 0 aliphatic carbocycles. The number of rotatable bonds is 5. The average Bonchev–Trinajstić information content (AvgIpc) is 3.19. The monoisotopic (exact) mass is 450 g/mol. The normalized spacial score (nSPS) is 10.6. The molecule has 0 saturated carbocycles. The zero-order valence-electron chi connectivity index (χ0n) is 14.6. The summed E-state index contributed by atoms with van der Waals surface area (Å²) in [6.07, 6.45) is 3.55. The minimum atomic E-state index is -0.210. The number of halogens is 1. The molecule has 7 heteroatoms. The molecule has 0 aliphatic heterocycles. The highest BCUT2D eigenvalue weighted by atomic mass is 79.9. The van der Waals surface area contributed by atoms with E-state index in [0.717, 1.165) is 20.1 Å². The lowest BCUT2D eigenvalue weighted by Crippen LogP contribution is -2.13. The Balaban J connectivity index is 1.53. The first-order chi connectivity index (χ1) is 13.7. The molecule has 0 radical (unpaired) electrons. The van der Waals surface area contributed by atoms with Gasteiger partial charge in [0.15, 0.2) is 5.82 Å². The summed E-state index contributed by atoms with van der Waals surface area (Å²) in [4.78, 5) is 18.0. The standard InChI is InChI=1S/C21H15BrN4OS/c22-15-10-11-20(23-14-15)28-18-9-5-4-8-17(18)21(27)24-19-12-13-26(25-19)16-6-2-1-3-7-16/h1-14H,(H,24,25,27). The summed E-state index contributed by atoms with van der Waals surface area (Å²) in [6, 6.07) is 22.8. The molecule has 0 spiro atoms. The number of pyridine rings is 1. The van der Waals surface area contributed by atoms with E-state index in [0.29, 0.717) is 11.4 Å². The van der Waals surface area contributed by atoms with Crippen molar-refractivity contribution in [2.45, 2.75) is 9.92 Å². The second-order valence-corrected chi connectivity index (χ2v) is 7.83. The van der Waals surface area contributed by atoms with Crippen molar-refractivity contribution in [3.8, 4) is 5.69 Å². The van der Waals surface area contributed by atoms with Gasteiger partial charge in [-0.1, -0.05) is 42.1 Å². The number of para-hydroxylation sites is 1. The molecule has 0 atom stereocenters. The highest BCUT2D eigenvalue weighted by Crippen LogP contribution is 2.30. The molecule has 0 saturated heterocycles. The third kappa shape index (κ3) is 4.32. The molecule has 1 N–H and O–H groups in total. The molecular weight excluding hydrogens is 436 g/mol. The predicted molar refractivity (Wildman–Crippen MR) is 114 cm³/mol. The maximum absolute atomic E-state index is 12.8. The van der Waals surface area contributed by atoms with Crippen LogP contribution < -0.4 is 5.32 Å². The number of carbonyl (C=O) groups is 1. The topological polar surface area (TPSA) is 59.8 Å². The van der Waals surface area contributed by atoms with E-state index >= 15 is 0 Å². The predicted octanol–water partition coefficient (Wildman–Crippen LogP) is 5.43. The van der Waals surface area contributed by atoms with E-state index in [4.69, 9.17) is 0 Å². The first-order valence-corrected chi connectivity index (χ1v) is 10.1. The fourth-order valence-electron chi connectivity index (χ4n) is 2.58. The van der Waals surface area contributed by atoms with Gasteiger partial charge in [0.2, 0.25) is 0 Å². The van der Waals surface area contributed by atoms with Gasteiger partial charge >= 0.3 is 0 Å². The number of carbonyl (C=O) groups excluding carboxylic acids is 1. The molecule has 138 valence electrons. The molecular formula is C21H15BrN4OS. The summed E-state index contributed by atoms with van der Waals surface area (Å²) in [7, 11) is 0. The summed E-state index contributed by atoms with van der Waals surface area (Å²) < 4.78 is 2.64. The second-order valence-electron chi connectivity index (χ2n) is 5.85. The van der Waals surface area contributed by atoms with Gasteiger partial charge in [-0.15, -0.1) is 0 Å². The molecule has 4 rings (SSSR count). The van der Waals surface area contributed by atoms with Crippen molar-refractivity contribution >= 4 is 39.4 Å². The van der Waals surface area contributed by atoms with Crippen LogP contribution in [0.15, 0.2) is 99.6 Å². The molecule has 0 fully saturated rings. The Bertz CT molecular complexity index is 1100. The summed E-state index contributed by atoms with van der Waals surface area (Å²) in [5.41, 5.74) is 1.51. The van der Waals surface area contributed by atoms with Crippen molar-refractivity contribution in [1.82, 2.24) is 14.8 Å². The van der Waals surface area contributed by atoms with Crippen molar-refractivity contribution in [2.24, 2.45) is 0 Å². The minimum Gasteiger partial charge on any atom is -0.305 e. The second kappa shape index (κ2) is 8.41. The van der Waals surface area contributed by atoms with Gasteiger partial charge in [-0.2, -0.15) is 5.10 Å². The van der Waals surface area contributed by atoms with Gasteiger partial charge in [0.1, 0.15) is 5.03 Å². The molecule has 4 aromatic rings. The van der Waals surface area contributed by atoms with Crippen molar-refractivity contribution in [1.29, 1.82) is 0 Å². The van der Waals surface area contributed by atoms with E-state index in [2.05, 4.69) is 31.3 Å². The van der Waals surface area contributed by atoms with Gasteiger partial charge in [0.05, 0.1) is 11.3 Å². The highest BCUT2D eigenvalue weighted by Gasteiger charge is 2.14. The first kappa shape index (κ1) is 18.5. The third-order valence-electron chi connectivity index (χ3n) is 3.90. The SMILES string of the molecule is O=C(Nc1ccn(-c2ccccc2)n1)c1ccccc1Sc1ccc(Br)cn1. The van der Waals surface area contributed by atoms with Crippen LogP contribution in [0.5, 0.6) is 0 Å². The van der Waals surface area contributed by atoms with Gasteiger partial charge in [0.25, 0.3) is 5.91 Å². The van der Waals surface area contributed by atoms with Crippen LogP contribution in [0.1, 0.15) is 10.4 Å². The Morgan fingerprint density at radius 3 is 2.54 bits per heavy atom. The number of amides is 1. The molecule has 5 nitrogen and oxygen atoms in total. The summed E-state index contributed by atoms with van der Waals surface area (Å²) in [5.74, 6) is 0.286. The van der Waals surface area contributed by atoms with Crippen LogP contribution in [-0.2, 0) is 0 Å². The molecule has 0 unspecified atom stereocenters. The fraction of sp³-hybridized carbons (Fsp3) is 0. The van der Waals surface area contributed by atoms with E-state index in [9.17, 15) is 4.79 Å². The van der Waals surface area contributed by atoms with Crippen LogP contribution in [0.4, 0.5) is 5.82 Å². The maximum atomic E-state index is 12.8. The lowest BCUT2D eigenvalue weighted by Gasteiger charge is -2.08. The molecule has 1 amide bonds. The average molecular weight is 451 g/mol. The van der Waals surface area contributed by atoms with E-state index in [1.807, 2.05) is 66.9 Å². The van der Waals surface area contributed by atoms with Crippen molar-refractivity contribution in [2.75, 3.05) is 5.32 Å².